The number of ether oxygens (including phenoxy) is 1. The predicted octanol–water partition coefficient (Wildman–Crippen LogP) is 1.83. The summed E-state index contributed by atoms with van der Waals surface area (Å²) in [5.74, 6) is -0.0626. The number of H-pyrrole nitrogens is 1. The summed E-state index contributed by atoms with van der Waals surface area (Å²) in [6.45, 7) is 2.75. The summed E-state index contributed by atoms with van der Waals surface area (Å²) >= 11 is 0. The lowest BCUT2D eigenvalue weighted by atomic mass is 10.1. The lowest BCUT2D eigenvalue weighted by molar-refractivity contribution is -0.131. The van der Waals surface area contributed by atoms with Crippen LogP contribution in [0.2, 0.25) is 0 Å². The van der Waals surface area contributed by atoms with Crippen LogP contribution >= 0.6 is 0 Å². The Labute approximate surface area is 110 Å². The van der Waals surface area contributed by atoms with Gasteiger partial charge in [-0.05, 0) is 30.2 Å². The topological polar surface area (TPSA) is 79.4 Å². The van der Waals surface area contributed by atoms with E-state index in [-0.39, 0.29) is 12.4 Å². The van der Waals surface area contributed by atoms with Crippen LogP contribution in [0.25, 0.3) is 10.9 Å². The first kappa shape index (κ1) is 13.3. The minimum atomic E-state index is -0.398. The van der Waals surface area contributed by atoms with E-state index in [0.717, 1.165) is 16.5 Å². The van der Waals surface area contributed by atoms with Gasteiger partial charge < -0.3 is 14.8 Å². The second-order valence-electron chi connectivity index (χ2n) is 4.31. The number of aliphatic hydroxyl groups excluding tert-OH is 1. The SMILES string of the molecule is CC(=O)Oc1ccc2[nH]c(C(C)=O)c(CCO)c2c1. The number of carbonyl (C=O) groups is 2. The average molecular weight is 261 g/mol. The maximum Gasteiger partial charge on any atom is 0.308 e. The lowest BCUT2D eigenvalue weighted by Crippen LogP contribution is -2.01. The number of nitrogens with one attached hydrogen (secondary N) is 1. The van der Waals surface area contributed by atoms with Crippen LogP contribution in [0.5, 0.6) is 5.75 Å². The molecule has 2 N–H and O–H groups in total. The van der Waals surface area contributed by atoms with Crippen molar-refractivity contribution in [2.24, 2.45) is 0 Å². The minimum Gasteiger partial charge on any atom is -0.427 e. The number of aromatic nitrogens is 1. The molecule has 0 bridgehead atoms. The van der Waals surface area contributed by atoms with Gasteiger partial charge in [-0.2, -0.15) is 0 Å². The summed E-state index contributed by atoms with van der Waals surface area (Å²) in [7, 11) is 0. The molecule has 1 aromatic carbocycles. The first-order valence-electron chi connectivity index (χ1n) is 5.97. The quantitative estimate of drug-likeness (QED) is 0.500. The molecule has 0 atom stereocenters. The zero-order chi connectivity index (χ0) is 14.0. The van der Waals surface area contributed by atoms with E-state index in [1.165, 1.54) is 13.8 Å². The Morgan fingerprint density at radius 2 is 2.05 bits per heavy atom. The Morgan fingerprint density at radius 3 is 2.63 bits per heavy atom. The molecule has 1 aromatic heterocycles. The molecule has 0 radical (unpaired) electrons. The van der Waals surface area contributed by atoms with Gasteiger partial charge >= 0.3 is 5.97 Å². The number of esters is 1. The molecule has 0 saturated heterocycles. The van der Waals surface area contributed by atoms with Crippen LogP contribution in [-0.4, -0.2) is 28.4 Å². The fourth-order valence-electron chi connectivity index (χ4n) is 2.13. The number of Topliss-reactive ketones (excluding diaryl/α,β-unsaturated/α-hetero) is 1. The van der Waals surface area contributed by atoms with Gasteiger partial charge in [-0.15, -0.1) is 0 Å². The van der Waals surface area contributed by atoms with Crippen LogP contribution in [0.15, 0.2) is 18.2 Å². The van der Waals surface area contributed by atoms with E-state index >= 15 is 0 Å². The van der Waals surface area contributed by atoms with Crippen molar-refractivity contribution < 1.29 is 19.4 Å². The molecule has 5 nitrogen and oxygen atoms in total. The predicted molar refractivity (Wildman–Crippen MR) is 70.4 cm³/mol. The molecule has 0 amide bonds. The zero-order valence-electron chi connectivity index (χ0n) is 10.8. The molecule has 1 heterocycles. The van der Waals surface area contributed by atoms with E-state index < -0.39 is 5.97 Å². The molecule has 5 heteroatoms. The van der Waals surface area contributed by atoms with Crippen LogP contribution in [0.1, 0.15) is 29.9 Å². The van der Waals surface area contributed by atoms with E-state index in [4.69, 9.17) is 9.84 Å². The number of carbonyl (C=O) groups excluding carboxylic acids is 2. The fraction of sp³-hybridized carbons (Fsp3) is 0.286. The summed E-state index contributed by atoms with van der Waals surface area (Å²) in [5, 5.41) is 9.90. The highest BCUT2D eigenvalue weighted by atomic mass is 16.5. The van der Waals surface area contributed by atoms with Crippen molar-refractivity contribution in [3.63, 3.8) is 0 Å². The molecule has 100 valence electrons. The molecule has 0 aliphatic rings. The Morgan fingerprint density at radius 1 is 1.32 bits per heavy atom. The van der Waals surface area contributed by atoms with E-state index in [1.807, 2.05) is 0 Å². The number of fused-ring (bicyclic) bond motifs is 1. The minimum absolute atomic E-state index is 0.0506. The summed E-state index contributed by atoms with van der Waals surface area (Å²) in [4.78, 5) is 25.6. The monoisotopic (exact) mass is 261 g/mol. The zero-order valence-corrected chi connectivity index (χ0v) is 10.8. The van der Waals surface area contributed by atoms with Gasteiger partial charge in [-0.25, -0.2) is 0 Å². The summed E-state index contributed by atoms with van der Waals surface area (Å²) in [6.07, 6.45) is 0.373. The number of hydrogen-bond donors (Lipinski definition) is 2. The largest absolute Gasteiger partial charge is 0.427 e. The van der Waals surface area contributed by atoms with Gasteiger partial charge in [0.2, 0.25) is 0 Å². The molecule has 0 fully saturated rings. The Bertz CT molecular complexity index is 642. The highest BCUT2D eigenvalue weighted by Crippen LogP contribution is 2.27. The first-order valence-corrected chi connectivity index (χ1v) is 5.97. The number of rotatable bonds is 4. The molecule has 0 spiro atoms. The smallest absolute Gasteiger partial charge is 0.308 e. The fourth-order valence-corrected chi connectivity index (χ4v) is 2.13. The molecule has 0 aliphatic carbocycles. The highest BCUT2D eigenvalue weighted by molar-refractivity contribution is 6.01. The molecular weight excluding hydrogens is 246 g/mol. The van der Waals surface area contributed by atoms with Crippen molar-refractivity contribution in [1.29, 1.82) is 0 Å². The number of benzene rings is 1. The molecule has 0 aliphatic heterocycles. The number of ketones is 1. The molecule has 19 heavy (non-hydrogen) atoms. The van der Waals surface area contributed by atoms with Gasteiger partial charge in [0.05, 0.1) is 5.69 Å². The van der Waals surface area contributed by atoms with Gasteiger partial charge in [0.25, 0.3) is 0 Å². The third-order valence-corrected chi connectivity index (χ3v) is 2.85. The Hall–Kier alpha value is -2.14. The van der Waals surface area contributed by atoms with Gasteiger partial charge in [-0.3, -0.25) is 9.59 Å². The number of aromatic amines is 1. The molecular formula is C14H15NO4. The van der Waals surface area contributed by atoms with E-state index in [0.29, 0.717) is 17.9 Å². The third-order valence-electron chi connectivity index (χ3n) is 2.85. The van der Waals surface area contributed by atoms with Gasteiger partial charge in [0, 0.05) is 31.4 Å². The average Bonchev–Trinajstić information content (AvgIpc) is 2.68. The number of aliphatic hydroxyl groups is 1. The molecule has 2 rings (SSSR count). The van der Waals surface area contributed by atoms with E-state index in [2.05, 4.69) is 4.98 Å². The van der Waals surface area contributed by atoms with Crippen molar-refractivity contribution in [1.82, 2.24) is 4.98 Å². The molecule has 0 saturated carbocycles. The standard InChI is InChI=1S/C14H15NO4/c1-8(17)14-11(5-6-16)12-7-10(19-9(2)18)3-4-13(12)15-14/h3-4,7,15-16H,5-6H2,1-2H3. The van der Waals surface area contributed by atoms with Crippen LogP contribution in [-0.2, 0) is 11.2 Å². The Kier molecular flexibility index (Phi) is 3.66. The van der Waals surface area contributed by atoms with Crippen molar-refractivity contribution in [2.75, 3.05) is 6.61 Å². The maximum absolute atomic E-state index is 11.6. The van der Waals surface area contributed by atoms with Crippen molar-refractivity contribution >= 4 is 22.7 Å². The van der Waals surface area contributed by atoms with Gasteiger partial charge in [0.15, 0.2) is 5.78 Å². The van der Waals surface area contributed by atoms with Gasteiger partial charge in [-0.1, -0.05) is 0 Å². The van der Waals surface area contributed by atoms with Crippen molar-refractivity contribution in [2.45, 2.75) is 20.3 Å². The summed E-state index contributed by atoms with van der Waals surface area (Å²) in [6, 6.07) is 5.11. The Balaban J connectivity index is 2.58. The molecule has 2 aromatic rings. The van der Waals surface area contributed by atoms with Crippen molar-refractivity contribution in [3.05, 3.63) is 29.5 Å². The highest BCUT2D eigenvalue weighted by Gasteiger charge is 2.15. The second kappa shape index (κ2) is 5.24. The van der Waals surface area contributed by atoms with Gasteiger partial charge in [0.1, 0.15) is 5.75 Å². The summed E-state index contributed by atoms with van der Waals surface area (Å²) in [5.41, 5.74) is 2.02. The third kappa shape index (κ3) is 2.66. The van der Waals surface area contributed by atoms with Crippen molar-refractivity contribution in [3.8, 4) is 5.75 Å². The normalized spacial score (nSPS) is 10.7. The van der Waals surface area contributed by atoms with Crippen LogP contribution in [0.4, 0.5) is 0 Å². The van der Waals surface area contributed by atoms with Crippen LogP contribution in [0, 0.1) is 0 Å². The van der Waals surface area contributed by atoms with E-state index in [9.17, 15) is 9.59 Å². The van der Waals surface area contributed by atoms with E-state index in [1.54, 1.807) is 18.2 Å². The number of hydrogen-bond acceptors (Lipinski definition) is 4. The summed E-state index contributed by atoms with van der Waals surface area (Å²) < 4.78 is 5.02. The van der Waals surface area contributed by atoms with Crippen LogP contribution < -0.4 is 4.74 Å². The van der Waals surface area contributed by atoms with Crippen LogP contribution in [0.3, 0.4) is 0 Å². The second-order valence-corrected chi connectivity index (χ2v) is 4.31. The maximum atomic E-state index is 11.6. The lowest BCUT2D eigenvalue weighted by Gasteiger charge is -2.02. The molecule has 0 unspecified atom stereocenters. The first-order chi connectivity index (χ1) is 9.02.